The summed E-state index contributed by atoms with van der Waals surface area (Å²) in [5, 5.41) is 14.9. The van der Waals surface area contributed by atoms with Crippen LogP contribution >= 0.6 is 0 Å². The molecule has 2 rings (SSSR count). The molecule has 0 bridgehead atoms. The fraction of sp³-hybridized carbons (Fsp3) is 0.857. The Bertz CT molecular complexity index is 360. The summed E-state index contributed by atoms with van der Waals surface area (Å²) in [6.07, 6.45) is 5.99. The van der Waals surface area contributed by atoms with Crippen LogP contribution in [0.1, 0.15) is 52.4 Å². The van der Waals surface area contributed by atoms with Gasteiger partial charge in [0.1, 0.15) is 5.54 Å². The van der Waals surface area contributed by atoms with Crippen LogP contribution in [0.25, 0.3) is 0 Å². The highest BCUT2D eigenvalue weighted by Gasteiger charge is 2.48. The predicted molar refractivity (Wildman–Crippen MR) is 71.9 cm³/mol. The Morgan fingerprint density at radius 2 is 1.68 bits per heavy atom. The lowest BCUT2D eigenvalue weighted by Crippen LogP contribution is -2.58. The molecule has 2 amide bonds. The number of carbonyl (C=O) groups is 2. The van der Waals surface area contributed by atoms with E-state index >= 15 is 0 Å². The molecular formula is C14H24N2O3. The number of aliphatic carboxylic acids is 1. The molecule has 2 aliphatic carbocycles. The van der Waals surface area contributed by atoms with Crippen molar-refractivity contribution in [2.24, 2.45) is 11.8 Å². The third-order valence-electron chi connectivity index (χ3n) is 4.56. The van der Waals surface area contributed by atoms with Gasteiger partial charge in [-0.05, 0) is 57.3 Å². The van der Waals surface area contributed by atoms with Crippen molar-refractivity contribution < 1.29 is 14.7 Å². The van der Waals surface area contributed by atoms with Crippen molar-refractivity contribution in [3.8, 4) is 0 Å². The van der Waals surface area contributed by atoms with Crippen LogP contribution in [-0.4, -0.2) is 28.7 Å². The average Bonchev–Trinajstić information content (AvgIpc) is 3.16. The van der Waals surface area contributed by atoms with E-state index in [4.69, 9.17) is 0 Å². The molecule has 1 atom stereocenters. The van der Waals surface area contributed by atoms with E-state index in [9.17, 15) is 14.7 Å². The Kier molecular flexibility index (Phi) is 4.02. The van der Waals surface area contributed by atoms with Crippen LogP contribution < -0.4 is 10.6 Å². The van der Waals surface area contributed by atoms with E-state index in [1.54, 1.807) is 6.92 Å². The lowest BCUT2D eigenvalue weighted by atomic mass is 9.87. The minimum atomic E-state index is -1.12. The number of urea groups is 1. The molecule has 0 aromatic heterocycles. The fourth-order valence-electron chi connectivity index (χ4n) is 2.85. The molecule has 0 heterocycles. The molecule has 1 unspecified atom stereocenters. The molecule has 3 N–H and O–H groups in total. The van der Waals surface area contributed by atoms with Gasteiger partial charge in [0.25, 0.3) is 0 Å². The number of amides is 2. The Hall–Kier alpha value is -1.26. The summed E-state index contributed by atoms with van der Waals surface area (Å²) in [5.41, 5.74) is -1.12. The minimum absolute atomic E-state index is 0.0714. The third kappa shape index (κ3) is 3.39. The first-order valence-electron chi connectivity index (χ1n) is 7.24. The number of nitrogens with one attached hydrogen (secondary N) is 2. The highest BCUT2D eigenvalue weighted by Crippen LogP contribution is 2.39. The van der Waals surface area contributed by atoms with Crippen molar-refractivity contribution in [2.75, 3.05) is 0 Å². The summed E-state index contributed by atoms with van der Waals surface area (Å²) < 4.78 is 0. The van der Waals surface area contributed by atoms with Crippen LogP contribution in [0.5, 0.6) is 0 Å². The normalized spacial score (nSPS) is 30.2. The summed E-state index contributed by atoms with van der Waals surface area (Å²) in [5.74, 6) is -0.138. The van der Waals surface area contributed by atoms with Crippen LogP contribution in [0, 0.1) is 11.8 Å². The van der Waals surface area contributed by atoms with Crippen LogP contribution in [-0.2, 0) is 4.79 Å². The van der Waals surface area contributed by atoms with Crippen LogP contribution in [0.2, 0.25) is 0 Å². The first-order chi connectivity index (χ1) is 8.91. The standard InChI is InChI=1S/C14H24N2O3/c1-9-3-7-11(8-4-9)15-13(19)16-14(2,12(17)18)10-5-6-10/h9-11H,3-8H2,1-2H3,(H,17,18)(H2,15,16,19). The molecular weight excluding hydrogens is 244 g/mol. The zero-order valence-corrected chi connectivity index (χ0v) is 11.7. The zero-order chi connectivity index (χ0) is 14.0. The summed E-state index contributed by atoms with van der Waals surface area (Å²) >= 11 is 0. The highest BCUT2D eigenvalue weighted by molar-refractivity contribution is 5.86. The number of carboxylic acid groups (broad SMARTS) is 1. The van der Waals surface area contributed by atoms with Crippen molar-refractivity contribution >= 4 is 12.0 Å². The van der Waals surface area contributed by atoms with Gasteiger partial charge in [0.15, 0.2) is 0 Å². The van der Waals surface area contributed by atoms with Gasteiger partial charge >= 0.3 is 12.0 Å². The maximum absolute atomic E-state index is 12.0. The molecule has 0 aromatic rings. The molecule has 2 fully saturated rings. The van der Waals surface area contributed by atoms with Gasteiger partial charge in [0.2, 0.25) is 0 Å². The van der Waals surface area contributed by atoms with Gasteiger partial charge in [-0.25, -0.2) is 9.59 Å². The van der Waals surface area contributed by atoms with E-state index < -0.39 is 11.5 Å². The monoisotopic (exact) mass is 268 g/mol. The predicted octanol–water partition coefficient (Wildman–Crippen LogP) is 2.12. The first-order valence-corrected chi connectivity index (χ1v) is 7.24. The summed E-state index contributed by atoms with van der Waals surface area (Å²) in [4.78, 5) is 23.3. The van der Waals surface area contributed by atoms with Gasteiger partial charge in [-0.3, -0.25) is 0 Å². The molecule has 5 nitrogen and oxygen atoms in total. The summed E-state index contributed by atoms with van der Waals surface area (Å²) in [6, 6.07) is -0.148. The number of hydrogen-bond acceptors (Lipinski definition) is 2. The smallest absolute Gasteiger partial charge is 0.329 e. The largest absolute Gasteiger partial charge is 0.480 e. The molecule has 0 aliphatic heterocycles. The van der Waals surface area contributed by atoms with Gasteiger partial charge in [-0.1, -0.05) is 6.92 Å². The molecule has 0 saturated heterocycles. The maximum Gasteiger partial charge on any atom is 0.329 e. The maximum atomic E-state index is 12.0. The number of rotatable bonds is 4. The Morgan fingerprint density at radius 3 is 2.16 bits per heavy atom. The van der Waals surface area contributed by atoms with Gasteiger partial charge in [0.05, 0.1) is 0 Å². The second-order valence-corrected chi connectivity index (χ2v) is 6.34. The van der Waals surface area contributed by atoms with E-state index in [2.05, 4.69) is 17.6 Å². The Labute approximate surface area is 114 Å². The average molecular weight is 268 g/mol. The third-order valence-corrected chi connectivity index (χ3v) is 4.56. The van der Waals surface area contributed by atoms with E-state index in [0.29, 0.717) is 0 Å². The van der Waals surface area contributed by atoms with Crippen LogP contribution in [0.15, 0.2) is 0 Å². The molecule has 5 heteroatoms. The van der Waals surface area contributed by atoms with E-state index in [1.807, 2.05) is 0 Å². The van der Waals surface area contributed by atoms with Gasteiger partial charge < -0.3 is 15.7 Å². The van der Waals surface area contributed by atoms with E-state index in [1.165, 1.54) is 0 Å². The lowest BCUT2D eigenvalue weighted by molar-refractivity contribution is -0.144. The molecule has 19 heavy (non-hydrogen) atoms. The summed E-state index contributed by atoms with van der Waals surface area (Å²) in [7, 11) is 0. The van der Waals surface area contributed by atoms with Crippen molar-refractivity contribution in [3.05, 3.63) is 0 Å². The van der Waals surface area contributed by atoms with Crippen molar-refractivity contribution in [2.45, 2.75) is 64.0 Å². The molecule has 2 saturated carbocycles. The number of carboxylic acids is 1. The molecule has 0 aromatic carbocycles. The quantitative estimate of drug-likeness (QED) is 0.730. The van der Waals surface area contributed by atoms with E-state index in [0.717, 1.165) is 44.4 Å². The van der Waals surface area contributed by atoms with Crippen molar-refractivity contribution in [1.29, 1.82) is 0 Å². The van der Waals surface area contributed by atoms with Crippen LogP contribution in [0.3, 0.4) is 0 Å². The Balaban J connectivity index is 1.84. The molecule has 108 valence electrons. The van der Waals surface area contributed by atoms with E-state index in [-0.39, 0.29) is 18.0 Å². The molecule has 0 radical (unpaired) electrons. The minimum Gasteiger partial charge on any atom is -0.480 e. The van der Waals surface area contributed by atoms with Gasteiger partial charge in [0, 0.05) is 6.04 Å². The van der Waals surface area contributed by atoms with Gasteiger partial charge in [-0.15, -0.1) is 0 Å². The van der Waals surface area contributed by atoms with Crippen LogP contribution in [0.4, 0.5) is 4.79 Å². The Morgan fingerprint density at radius 1 is 1.11 bits per heavy atom. The zero-order valence-electron chi connectivity index (χ0n) is 11.7. The number of carbonyl (C=O) groups excluding carboxylic acids is 1. The molecule has 0 spiro atoms. The molecule has 2 aliphatic rings. The first kappa shape index (κ1) is 14.2. The second kappa shape index (κ2) is 5.39. The topological polar surface area (TPSA) is 78.4 Å². The van der Waals surface area contributed by atoms with Crippen molar-refractivity contribution in [1.82, 2.24) is 10.6 Å². The second-order valence-electron chi connectivity index (χ2n) is 6.34. The van der Waals surface area contributed by atoms with Gasteiger partial charge in [-0.2, -0.15) is 0 Å². The fourth-order valence-corrected chi connectivity index (χ4v) is 2.85. The SMILES string of the molecule is CC1CCC(NC(=O)NC(C)(C(=O)O)C2CC2)CC1. The van der Waals surface area contributed by atoms with Crippen molar-refractivity contribution in [3.63, 3.8) is 0 Å². The number of hydrogen-bond donors (Lipinski definition) is 3. The lowest BCUT2D eigenvalue weighted by Gasteiger charge is -2.30. The summed E-state index contributed by atoms with van der Waals surface area (Å²) in [6.45, 7) is 3.83. The highest BCUT2D eigenvalue weighted by atomic mass is 16.4.